The molecule has 1 amide bonds. The first kappa shape index (κ1) is 19.4. The molecular weight excluding hydrogens is 356 g/mol. The molecule has 2 aromatic carbocycles. The smallest absolute Gasteiger partial charge is 0.244 e. The lowest BCUT2D eigenvalue weighted by Gasteiger charge is -2.22. The molecule has 2 unspecified atom stereocenters. The Morgan fingerprint density at radius 1 is 1.07 bits per heavy atom. The summed E-state index contributed by atoms with van der Waals surface area (Å²) in [6, 6.07) is 20.7. The third-order valence-electron chi connectivity index (χ3n) is 6.46. The van der Waals surface area contributed by atoms with E-state index in [0.717, 1.165) is 30.5 Å². The molecule has 0 aromatic heterocycles. The van der Waals surface area contributed by atoms with Gasteiger partial charge in [0.2, 0.25) is 5.91 Å². The van der Waals surface area contributed by atoms with Gasteiger partial charge in [-0.2, -0.15) is 5.10 Å². The van der Waals surface area contributed by atoms with Crippen LogP contribution in [0.1, 0.15) is 44.2 Å². The lowest BCUT2D eigenvalue weighted by molar-refractivity contribution is -0.122. The van der Waals surface area contributed by atoms with Gasteiger partial charge in [0.15, 0.2) is 0 Å². The minimum absolute atomic E-state index is 0.00421. The van der Waals surface area contributed by atoms with Crippen molar-refractivity contribution in [3.63, 3.8) is 0 Å². The van der Waals surface area contributed by atoms with Gasteiger partial charge in [0.05, 0.1) is 11.6 Å². The molecule has 0 saturated heterocycles. The highest BCUT2D eigenvalue weighted by atomic mass is 16.2. The van der Waals surface area contributed by atoms with Crippen LogP contribution in [0.15, 0.2) is 89.6 Å². The van der Waals surface area contributed by atoms with Gasteiger partial charge in [0, 0.05) is 5.41 Å². The van der Waals surface area contributed by atoms with Gasteiger partial charge < -0.3 is 0 Å². The summed E-state index contributed by atoms with van der Waals surface area (Å²) in [5, 5.41) is 4.52. The zero-order valence-corrected chi connectivity index (χ0v) is 17.2. The Labute approximate surface area is 173 Å². The van der Waals surface area contributed by atoms with Gasteiger partial charge in [-0.15, -0.1) is 0 Å². The number of nitrogens with zero attached hydrogens (tertiary/aromatic N) is 1. The van der Waals surface area contributed by atoms with Crippen molar-refractivity contribution in [3.8, 4) is 0 Å². The summed E-state index contributed by atoms with van der Waals surface area (Å²) in [4.78, 5) is 13.1. The van der Waals surface area contributed by atoms with Crippen molar-refractivity contribution in [2.45, 2.75) is 38.5 Å². The molecule has 0 radical (unpaired) electrons. The molecular formula is C26H28N2O. The lowest BCUT2D eigenvalue weighted by Crippen LogP contribution is -2.27. The Balaban J connectivity index is 1.56. The number of hydrogen-bond donors (Lipinski definition) is 1. The predicted molar refractivity (Wildman–Crippen MR) is 119 cm³/mol. The van der Waals surface area contributed by atoms with Crippen LogP contribution >= 0.6 is 0 Å². The number of hydrazone groups is 1. The summed E-state index contributed by atoms with van der Waals surface area (Å²) in [6.07, 6.45) is 4.84. The fourth-order valence-corrected chi connectivity index (χ4v) is 4.48. The van der Waals surface area contributed by atoms with Gasteiger partial charge in [0.1, 0.15) is 0 Å². The van der Waals surface area contributed by atoms with Crippen molar-refractivity contribution in [1.82, 2.24) is 5.43 Å². The average Bonchev–Trinajstić information content (AvgIpc) is 3.51. The van der Waals surface area contributed by atoms with E-state index in [2.05, 4.69) is 61.3 Å². The summed E-state index contributed by atoms with van der Waals surface area (Å²) >= 11 is 0. The number of allylic oxidation sites excluding steroid dienone is 3. The van der Waals surface area contributed by atoms with Gasteiger partial charge in [-0.1, -0.05) is 78.9 Å². The van der Waals surface area contributed by atoms with Crippen molar-refractivity contribution in [2.24, 2.45) is 16.9 Å². The van der Waals surface area contributed by atoms with Crippen LogP contribution in [0, 0.1) is 11.8 Å². The topological polar surface area (TPSA) is 41.5 Å². The third kappa shape index (κ3) is 3.69. The Bertz CT molecular complexity index is 933. The van der Waals surface area contributed by atoms with E-state index < -0.39 is 0 Å². The maximum absolute atomic E-state index is 13.1. The van der Waals surface area contributed by atoms with Crippen LogP contribution in [0.4, 0.5) is 0 Å². The fourth-order valence-electron chi connectivity index (χ4n) is 4.48. The van der Waals surface area contributed by atoms with Crippen LogP contribution in [-0.2, 0) is 10.2 Å². The summed E-state index contributed by atoms with van der Waals surface area (Å²) in [7, 11) is 0. The Kier molecular flexibility index (Phi) is 5.23. The van der Waals surface area contributed by atoms with E-state index in [1.807, 2.05) is 36.4 Å². The molecule has 2 aromatic rings. The number of nitrogens with one attached hydrogen (secondary N) is 1. The highest BCUT2D eigenvalue weighted by Crippen LogP contribution is 2.58. The van der Waals surface area contributed by atoms with E-state index in [1.165, 1.54) is 16.7 Å². The number of hydrogen-bond acceptors (Lipinski definition) is 2. The van der Waals surface area contributed by atoms with Crippen LogP contribution in [0.3, 0.4) is 0 Å². The van der Waals surface area contributed by atoms with Gasteiger partial charge in [0.25, 0.3) is 0 Å². The second kappa shape index (κ2) is 7.82. The first-order chi connectivity index (χ1) is 14.0. The van der Waals surface area contributed by atoms with E-state index >= 15 is 0 Å². The Morgan fingerprint density at radius 3 is 2.21 bits per heavy atom. The number of rotatable bonds is 5. The predicted octanol–water partition coefficient (Wildman–Crippen LogP) is 5.40. The minimum atomic E-state index is -0.259. The zero-order chi connectivity index (χ0) is 20.4. The normalized spacial score (nSPS) is 23.9. The molecule has 0 spiro atoms. The molecule has 3 heteroatoms. The summed E-state index contributed by atoms with van der Waals surface area (Å²) < 4.78 is 0. The largest absolute Gasteiger partial charge is 0.273 e. The maximum atomic E-state index is 13.1. The first-order valence-corrected chi connectivity index (χ1v) is 10.3. The first-order valence-electron chi connectivity index (χ1n) is 10.3. The molecule has 2 aliphatic rings. The maximum Gasteiger partial charge on any atom is 0.244 e. The monoisotopic (exact) mass is 384 g/mol. The molecule has 2 aliphatic carbocycles. The molecule has 1 fully saturated rings. The minimum Gasteiger partial charge on any atom is -0.273 e. The summed E-state index contributed by atoms with van der Waals surface area (Å²) in [5.74, 6) is 0.292. The van der Waals surface area contributed by atoms with E-state index in [-0.39, 0.29) is 17.2 Å². The number of carbonyl (C=O) groups excluding carboxylic acids is 1. The van der Waals surface area contributed by atoms with Crippen LogP contribution in [0.25, 0.3) is 0 Å². The molecule has 0 bridgehead atoms. The average molecular weight is 385 g/mol. The van der Waals surface area contributed by atoms with E-state index in [4.69, 9.17) is 0 Å². The quantitative estimate of drug-likeness (QED) is 0.544. The molecule has 1 saturated carbocycles. The molecule has 1 N–H and O–H groups in total. The van der Waals surface area contributed by atoms with E-state index in [1.54, 1.807) is 0 Å². The van der Waals surface area contributed by atoms with Crippen molar-refractivity contribution in [1.29, 1.82) is 0 Å². The molecule has 3 nitrogen and oxygen atoms in total. The zero-order valence-electron chi connectivity index (χ0n) is 17.2. The summed E-state index contributed by atoms with van der Waals surface area (Å²) in [6.45, 7) is 8.21. The van der Waals surface area contributed by atoms with Crippen molar-refractivity contribution in [2.75, 3.05) is 0 Å². The highest BCUT2D eigenvalue weighted by Gasteiger charge is 2.60. The van der Waals surface area contributed by atoms with Crippen molar-refractivity contribution < 1.29 is 4.79 Å². The second-order valence-electron chi connectivity index (χ2n) is 8.36. The second-order valence-corrected chi connectivity index (χ2v) is 8.36. The van der Waals surface area contributed by atoms with Crippen LogP contribution in [0.5, 0.6) is 0 Å². The lowest BCUT2D eigenvalue weighted by atomic mass is 9.85. The Morgan fingerprint density at radius 2 is 1.66 bits per heavy atom. The van der Waals surface area contributed by atoms with Gasteiger partial charge in [-0.25, -0.2) is 5.43 Å². The number of amides is 1. The van der Waals surface area contributed by atoms with E-state index in [0.29, 0.717) is 5.92 Å². The van der Waals surface area contributed by atoms with Gasteiger partial charge >= 0.3 is 0 Å². The summed E-state index contributed by atoms with van der Waals surface area (Å²) in [5.41, 5.74) is 8.28. The standard InChI is InChI=1S/C26H28N2O/c1-18(2)20-15-14-19(3)24(16-20)27-28-25(29)23-17-26(23,21-10-6-4-7-11-21)22-12-8-5-9-13-22/h4-14,20,23H,1,15-17H2,2-3H3,(H,28,29). The van der Waals surface area contributed by atoms with Crippen LogP contribution < -0.4 is 5.43 Å². The molecule has 29 heavy (non-hydrogen) atoms. The molecule has 4 rings (SSSR count). The van der Waals surface area contributed by atoms with Crippen molar-refractivity contribution >= 4 is 11.6 Å². The molecule has 2 atom stereocenters. The highest BCUT2D eigenvalue weighted by molar-refractivity contribution is 6.01. The Hall–Kier alpha value is -2.94. The molecule has 0 heterocycles. The van der Waals surface area contributed by atoms with Gasteiger partial charge in [-0.05, 0) is 55.7 Å². The third-order valence-corrected chi connectivity index (χ3v) is 6.46. The van der Waals surface area contributed by atoms with Gasteiger partial charge in [-0.3, -0.25) is 4.79 Å². The molecule has 148 valence electrons. The molecule has 0 aliphatic heterocycles. The SMILES string of the molecule is C=C(C)C1CC=C(C)C(=NNC(=O)C2CC2(c2ccccc2)c2ccccc2)C1. The fraction of sp³-hybridized carbons (Fsp3) is 0.308. The number of benzene rings is 2. The van der Waals surface area contributed by atoms with Crippen molar-refractivity contribution in [3.05, 3.63) is 95.6 Å². The van der Waals surface area contributed by atoms with Crippen LogP contribution in [0.2, 0.25) is 0 Å². The number of carbonyl (C=O) groups is 1. The van der Waals surface area contributed by atoms with Crippen LogP contribution in [-0.4, -0.2) is 11.6 Å². The van der Waals surface area contributed by atoms with E-state index in [9.17, 15) is 4.79 Å².